The van der Waals surface area contributed by atoms with Crippen LogP contribution in [0, 0.1) is 5.92 Å². The summed E-state index contributed by atoms with van der Waals surface area (Å²) in [5, 5.41) is 2.97. The van der Waals surface area contributed by atoms with Crippen LogP contribution in [-0.2, 0) is 22.3 Å². The van der Waals surface area contributed by atoms with Gasteiger partial charge in [-0.15, -0.1) is 0 Å². The van der Waals surface area contributed by atoms with E-state index >= 15 is 0 Å². The van der Waals surface area contributed by atoms with E-state index in [0.29, 0.717) is 38.7 Å². The molecule has 0 unspecified atom stereocenters. The summed E-state index contributed by atoms with van der Waals surface area (Å²) in [6.45, 7) is 1.38. The third kappa shape index (κ3) is 6.61. The molecule has 166 valence electrons. The number of nitrogens with zero attached hydrogens (tertiary/aromatic N) is 2. The molecule has 31 heavy (non-hydrogen) atoms. The number of carbonyl (C=O) groups excluding carboxylic acids is 2. The Balaban J connectivity index is 1.43. The summed E-state index contributed by atoms with van der Waals surface area (Å²) in [4.78, 5) is 30.2. The van der Waals surface area contributed by atoms with Crippen LogP contribution in [0.4, 0.5) is 13.2 Å². The normalized spacial score (nSPS) is 15.0. The first-order chi connectivity index (χ1) is 14.7. The Morgan fingerprint density at radius 3 is 2.48 bits per heavy atom. The molecule has 1 fully saturated rings. The zero-order valence-electron chi connectivity index (χ0n) is 16.5. The van der Waals surface area contributed by atoms with Gasteiger partial charge >= 0.3 is 6.18 Å². The summed E-state index contributed by atoms with van der Waals surface area (Å²) in [5.74, 6) is -0.313. The third-order valence-corrected chi connectivity index (χ3v) is 6.39. The number of pyridine rings is 1. The predicted octanol–water partition coefficient (Wildman–Crippen LogP) is 4.40. The van der Waals surface area contributed by atoms with Gasteiger partial charge in [-0.3, -0.25) is 9.59 Å². The van der Waals surface area contributed by atoms with Crippen LogP contribution >= 0.6 is 23.4 Å². The molecule has 10 heteroatoms. The molecule has 0 aliphatic carbocycles. The second-order valence-electron chi connectivity index (χ2n) is 7.16. The number of rotatable bonds is 6. The largest absolute Gasteiger partial charge is 0.417 e. The van der Waals surface area contributed by atoms with Gasteiger partial charge in [0.05, 0.1) is 16.3 Å². The summed E-state index contributed by atoms with van der Waals surface area (Å²) >= 11 is 6.88. The molecule has 3 rings (SSSR count). The molecule has 1 saturated heterocycles. The number of hydrogen-bond acceptors (Lipinski definition) is 4. The Bertz CT molecular complexity index is 920. The van der Waals surface area contributed by atoms with Gasteiger partial charge in [0.2, 0.25) is 11.8 Å². The van der Waals surface area contributed by atoms with Gasteiger partial charge in [-0.1, -0.05) is 53.7 Å². The van der Waals surface area contributed by atoms with Crippen LogP contribution in [0.15, 0.2) is 47.6 Å². The number of hydrogen-bond donors (Lipinski definition) is 1. The Labute approximate surface area is 187 Å². The van der Waals surface area contributed by atoms with Crippen LogP contribution in [0.2, 0.25) is 5.02 Å². The molecule has 2 heterocycles. The van der Waals surface area contributed by atoms with E-state index in [1.54, 1.807) is 4.90 Å². The summed E-state index contributed by atoms with van der Waals surface area (Å²) in [5.41, 5.74) is 0.0943. The number of amides is 2. The van der Waals surface area contributed by atoms with Gasteiger partial charge in [-0.05, 0) is 24.5 Å². The molecule has 0 atom stereocenters. The monoisotopic (exact) mass is 471 g/mol. The molecule has 0 saturated carbocycles. The lowest BCUT2D eigenvalue weighted by Gasteiger charge is -2.31. The molecule has 2 aromatic rings. The molecule has 1 aromatic carbocycles. The smallest absolute Gasteiger partial charge is 0.352 e. The number of benzene rings is 1. The molecule has 0 spiro atoms. The minimum Gasteiger partial charge on any atom is -0.352 e. The molecule has 1 N–H and O–H groups in total. The summed E-state index contributed by atoms with van der Waals surface area (Å²) in [6.07, 6.45) is -2.68. The van der Waals surface area contributed by atoms with E-state index in [4.69, 9.17) is 11.6 Å². The van der Waals surface area contributed by atoms with Crippen molar-refractivity contribution in [2.75, 3.05) is 18.8 Å². The molecule has 1 aliphatic heterocycles. The highest BCUT2D eigenvalue weighted by atomic mass is 35.5. The fraction of sp³-hybridized carbons (Fsp3) is 0.381. The lowest BCUT2D eigenvalue weighted by molar-refractivity contribution is -0.138. The zero-order chi connectivity index (χ0) is 22.4. The van der Waals surface area contributed by atoms with Crippen LogP contribution in [0.3, 0.4) is 0 Å². The van der Waals surface area contributed by atoms with E-state index in [0.717, 1.165) is 23.4 Å². The Hall–Kier alpha value is -2.26. The molecule has 0 radical (unpaired) electrons. The van der Waals surface area contributed by atoms with E-state index in [9.17, 15) is 22.8 Å². The molecule has 1 aromatic heterocycles. The van der Waals surface area contributed by atoms with E-state index in [1.807, 2.05) is 30.3 Å². The van der Waals surface area contributed by atoms with E-state index < -0.39 is 11.7 Å². The average molecular weight is 472 g/mol. The highest BCUT2D eigenvalue weighted by Gasteiger charge is 2.32. The minimum atomic E-state index is -4.52. The van der Waals surface area contributed by atoms with Crippen molar-refractivity contribution >= 4 is 35.2 Å². The van der Waals surface area contributed by atoms with Crippen LogP contribution in [-0.4, -0.2) is 40.5 Å². The van der Waals surface area contributed by atoms with Crippen LogP contribution < -0.4 is 5.32 Å². The molecule has 2 amide bonds. The van der Waals surface area contributed by atoms with E-state index in [1.165, 1.54) is 0 Å². The van der Waals surface area contributed by atoms with Crippen molar-refractivity contribution in [2.45, 2.75) is 30.6 Å². The number of piperidine rings is 1. The SMILES string of the molecule is O=C(NCc1ccccc1)C1CCN(C(=O)CSc2ncc(C(F)(F)F)cc2Cl)CC1. The lowest BCUT2D eigenvalue weighted by atomic mass is 9.96. The number of thioether (sulfide) groups is 1. The maximum Gasteiger partial charge on any atom is 0.417 e. The van der Waals surface area contributed by atoms with Crippen molar-refractivity contribution in [1.29, 1.82) is 0 Å². The number of carbonyl (C=O) groups is 2. The minimum absolute atomic E-state index is 0.0168. The highest BCUT2D eigenvalue weighted by molar-refractivity contribution is 8.00. The van der Waals surface area contributed by atoms with E-state index in [2.05, 4.69) is 10.3 Å². The third-order valence-electron chi connectivity index (χ3n) is 5.00. The topological polar surface area (TPSA) is 62.3 Å². The predicted molar refractivity (Wildman–Crippen MR) is 113 cm³/mol. The van der Waals surface area contributed by atoms with Gasteiger partial charge in [-0.25, -0.2) is 4.98 Å². The second-order valence-corrected chi connectivity index (χ2v) is 8.53. The maximum absolute atomic E-state index is 12.7. The highest BCUT2D eigenvalue weighted by Crippen LogP contribution is 2.33. The number of nitrogens with one attached hydrogen (secondary N) is 1. The Morgan fingerprint density at radius 1 is 1.19 bits per heavy atom. The lowest BCUT2D eigenvalue weighted by Crippen LogP contribution is -2.43. The quantitative estimate of drug-likeness (QED) is 0.634. The van der Waals surface area contributed by atoms with Crippen molar-refractivity contribution in [1.82, 2.24) is 15.2 Å². The number of likely N-dealkylation sites (tertiary alicyclic amines) is 1. The van der Waals surface area contributed by atoms with Crippen molar-refractivity contribution in [3.05, 3.63) is 58.7 Å². The maximum atomic E-state index is 12.7. The van der Waals surface area contributed by atoms with E-state index in [-0.39, 0.29) is 33.5 Å². The van der Waals surface area contributed by atoms with Crippen molar-refractivity contribution in [3.8, 4) is 0 Å². The van der Waals surface area contributed by atoms with Gasteiger partial charge in [0.1, 0.15) is 5.03 Å². The second kappa shape index (κ2) is 10.4. The molecule has 0 bridgehead atoms. The first kappa shape index (κ1) is 23.4. The van der Waals surface area contributed by atoms with Crippen LogP contribution in [0.5, 0.6) is 0 Å². The van der Waals surface area contributed by atoms with Gasteiger partial charge in [0.25, 0.3) is 0 Å². The standard InChI is InChI=1S/C21H21ClF3N3O2S/c22-17-10-16(21(23,24)25)12-27-20(17)31-13-18(29)28-8-6-15(7-9-28)19(30)26-11-14-4-2-1-3-5-14/h1-5,10,12,15H,6-9,11,13H2,(H,26,30). The fourth-order valence-corrected chi connectivity index (χ4v) is 4.33. The van der Waals surface area contributed by atoms with Crippen LogP contribution in [0.25, 0.3) is 0 Å². The van der Waals surface area contributed by atoms with Gasteiger partial charge in [0, 0.05) is 31.7 Å². The fourth-order valence-electron chi connectivity index (χ4n) is 3.23. The molecular weight excluding hydrogens is 451 g/mol. The average Bonchev–Trinajstić information content (AvgIpc) is 2.76. The Kier molecular flexibility index (Phi) is 7.83. The van der Waals surface area contributed by atoms with Gasteiger partial charge in [-0.2, -0.15) is 13.2 Å². The summed E-state index contributed by atoms with van der Waals surface area (Å²) in [7, 11) is 0. The summed E-state index contributed by atoms with van der Waals surface area (Å²) < 4.78 is 38.1. The first-order valence-corrected chi connectivity index (χ1v) is 11.1. The Morgan fingerprint density at radius 2 is 1.87 bits per heavy atom. The molecular formula is C21H21ClF3N3O2S. The van der Waals surface area contributed by atoms with Gasteiger partial charge < -0.3 is 10.2 Å². The summed E-state index contributed by atoms with van der Waals surface area (Å²) in [6, 6.07) is 10.4. The number of aromatic nitrogens is 1. The van der Waals surface area contributed by atoms with Crippen molar-refractivity contribution in [3.63, 3.8) is 0 Å². The van der Waals surface area contributed by atoms with Crippen molar-refractivity contribution in [2.24, 2.45) is 5.92 Å². The first-order valence-electron chi connectivity index (χ1n) is 9.69. The number of halogens is 4. The van der Waals surface area contributed by atoms with Crippen LogP contribution in [0.1, 0.15) is 24.0 Å². The van der Waals surface area contributed by atoms with Gasteiger partial charge in [0.15, 0.2) is 0 Å². The molecule has 1 aliphatic rings. The van der Waals surface area contributed by atoms with Crippen molar-refractivity contribution < 1.29 is 22.8 Å². The zero-order valence-corrected chi connectivity index (χ0v) is 18.1. The number of alkyl halides is 3. The molecule has 5 nitrogen and oxygen atoms in total.